The van der Waals surface area contributed by atoms with Crippen LogP contribution in [0.2, 0.25) is 0 Å². The standard InChI is InChI=1S/C16H20N2O/c1-3-15(17)14-6-4-5-7-16(14)19-11-13-8-12(2)9-18-10-13/h4-10,15H,3,11,17H2,1-2H3/t15-/m1/s1. The van der Waals surface area contributed by atoms with Gasteiger partial charge in [0.2, 0.25) is 0 Å². The van der Waals surface area contributed by atoms with Gasteiger partial charge >= 0.3 is 0 Å². The van der Waals surface area contributed by atoms with E-state index in [9.17, 15) is 0 Å². The Labute approximate surface area is 114 Å². The van der Waals surface area contributed by atoms with Crippen LogP contribution in [0.15, 0.2) is 42.7 Å². The molecule has 3 nitrogen and oxygen atoms in total. The maximum absolute atomic E-state index is 6.10. The molecule has 0 amide bonds. The monoisotopic (exact) mass is 256 g/mol. The topological polar surface area (TPSA) is 48.1 Å². The Morgan fingerprint density at radius 3 is 2.79 bits per heavy atom. The molecule has 0 aliphatic heterocycles. The van der Waals surface area contributed by atoms with E-state index in [1.165, 1.54) is 0 Å². The molecule has 0 saturated carbocycles. The van der Waals surface area contributed by atoms with Crippen molar-refractivity contribution in [3.05, 3.63) is 59.4 Å². The SMILES string of the molecule is CC[C@@H](N)c1ccccc1OCc1cncc(C)c1. The number of rotatable bonds is 5. The summed E-state index contributed by atoms with van der Waals surface area (Å²) in [7, 11) is 0. The lowest BCUT2D eigenvalue weighted by Crippen LogP contribution is -2.10. The van der Waals surface area contributed by atoms with Crippen LogP contribution >= 0.6 is 0 Å². The van der Waals surface area contributed by atoms with E-state index < -0.39 is 0 Å². The number of aromatic nitrogens is 1. The molecule has 0 saturated heterocycles. The molecule has 2 N–H and O–H groups in total. The van der Waals surface area contributed by atoms with Gasteiger partial charge in [-0.25, -0.2) is 0 Å². The second-order valence-electron chi connectivity index (χ2n) is 4.71. The van der Waals surface area contributed by atoms with Gasteiger partial charge in [-0.05, 0) is 31.0 Å². The van der Waals surface area contributed by atoms with Crippen molar-refractivity contribution >= 4 is 0 Å². The van der Waals surface area contributed by atoms with E-state index in [0.717, 1.165) is 28.9 Å². The molecule has 0 aliphatic rings. The molecule has 0 fully saturated rings. The molecule has 0 unspecified atom stereocenters. The van der Waals surface area contributed by atoms with Crippen molar-refractivity contribution in [2.24, 2.45) is 5.73 Å². The third kappa shape index (κ3) is 3.55. The van der Waals surface area contributed by atoms with E-state index in [1.807, 2.05) is 43.6 Å². The molecule has 0 bridgehead atoms. The fourth-order valence-electron chi connectivity index (χ4n) is 2.00. The molecule has 1 heterocycles. The van der Waals surface area contributed by atoms with Gasteiger partial charge in [-0.3, -0.25) is 4.98 Å². The molecule has 2 rings (SSSR count). The van der Waals surface area contributed by atoms with E-state index in [0.29, 0.717) is 6.61 Å². The molecule has 1 atom stereocenters. The Hall–Kier alpha value is -1.87. The number of para-hydroxylation sites is 1. The van der Waals surface area contributed by atoms with Gasteiger partial charge in [0, 0.05) is 29.6 Å². The summed E-state index contributed by atoms with van der Waals surface area (Å²) in [6.07, 6.45) is 4.56. The Balaban J connectivity index is 2.11. The minimum atomic E-state index is 0.0202. The Morgan fingerprint density at radius 1 is 1.26 bits per heavy atom. The zero-order chi connectivity index (χ0) is 13.7. The minimum absolute atomic E-state index is 0.0202. The van der Waals surface area contributed by atoms with E-state index >= 15 is 0 Å². The van der Waals surface area contributed by atoms with Gasteiger partial charge in [-0.2, -0.15) is 0 Å². The normalized spacial score (nSPS) is 12.2. The molecule has 1 aromatic carbocycles. The number of hydrogen-bond donors (Lipinski definition) is 1. The number of ether oxygens (including phenoxy) is 1. The molecule has 1 aromatic heterocycles. The van der Waals surface area contributed by atoms with Gasteiger partial charge in [0.15, 0.2) is 0 Å². The van der Waals surface area contributed by atoms with Crippen molar-refractivity contribution < 1.29 is 4.74 Å². The highest BCUT2D eigenvalue weighted by molar-refractivity contribution is 5.36. The van der Waals surface area contributed by atoms with Crippen LogP contribution in [0.1, 0.15) is 36.1 Å². The molecule has 19 heavy (non-hydrogen) atoms. The van der Waals surface area contributed by atoms with Crippen LogP contribution in [-0.2, 0) is 6.61 Å². The quantitative estimate of drug-likeness (QED) is 0.892. The maximum Gasteiger partial charge on any atom is 0.124 e. The van der Waals surface area contributed by atoms with Crippen molar-refractivity contribution in [1.29, 1.82) is 0 Å². The van der Waals surface area contributed by atoms with Crippen molar-refractivity contribution in [3.8, 4) is 5.75 Å². The number of pyridine rings is 1. The third-order valence-corrected chi connectivity index (χ3v) is 3.08. The summed E-state index contributed by atoms with van der Waals surface area (Å²) in [5.41, 5.74) is 9.36. The summed E-state index contributed by atoms with van der Waals surface area (Å²) in [4.78, 5) is 4.17. The summed E-state index contributed by atoms with van der Waals surface area (Å²) in [6.45, 7) is 4.62. The van der Waals surface area contributed by atoms with E-state index in [4.69, 9.17) is 10.5 Å². The molecule has 0 radical (unpaired) electrons. The highest BCUT2D eigenvalue weighted by Crippen LogP contribution is 2.26. The Bertz CT molecular complexity index is 540. The summed E-state index contributed by atoms with van der Waals surface area (Å²) < 4.78 is 5.88. The Morgan fingerprint density at radius 2 is 2.05 bits per heavy atom. The van der Waals surface area contributed by atoms with E-state index in [-0.39, 0.29) is 6.04 Å². The lowest BCUT2D eigenvalue weighted by Gasteiger charge is -2.15. The number of benzene rings is 1. The second-order valence-corrected chi connectivity index (χ2v) is 4.71. The van der Waals surface area contributed by atoms with Crippen LogP contribution in [0.25, 0.3) is 0 Å². The summed E-state index contributed by atoms with van der Waals surface area (Å²) in [6, 6.07) is 10.1. The summed E-state index contributed by atoms with van der Waals surface area (Å²) >= 11 is 0. The van der Waals surface area contributed by atoms with Crippen molar-refractivity contribution in [3.63, 3.8) is 0 Å². The fraction of sp³-hybridized carbons (Fsp3) is 0.312. The second kappa shape index (κ2) is 6.34. The predicted octanol–water partition coefficient (Wildman–Crippen LogP) is 3.38. The van der Waals surface area contributed by atoms with Gasteiger partial charge in [0.1, 0.15) is 12.4 Å². The van der Waals surface area contributed by atoms with Crippen molar-refractivity contribution in [2.75, 3.05) is 0 Å². The molecule has 2 aromatic rings. The molecule has 0 aliphatic carbocycles. The predicted molar refractivity (Wildman–Crippen MR) is 77.0 cm³/mol. The van der Waals surface area contributed by atoms with Gasteiger partial charge in [-0.15, -0.1) is 0 Å². The Kier molecular flexibility index (Phi) is 4.53. The van der Waals surface area contributed by atoms with Crippen molar-refractivity contribution in [1.82, 2.24) is 4.98 Å². The number of aryl methyl sites for hydroxylation is 1. The summed E-state index contributed by atoms with van der Waals surface area (Å²) in [5, 5.41) is 0. The first-order valence-electron chi connectivity index (χ1n) is 6.58. The van der Waals surface area contributed by atoms with E-state index in [2.05, 4.69) is 18.0 Å². The van der Waals surface area contributed by atoms with Crippen molar-refractivity contribution in [2.45, 2.75) is 32.9 Å². The number of hydrogen-bond acceptors (Lipinski definition) is 3. The highest BCUT2D eigenvalue weighted by atomic mass is 16.5. The van der Waals surface area contributed by atoms with Crippen LogP contribution in [0.3, 0.4) is 0 Å². The summed E-state index contributed by atoms with van der Waals surface area (Å²) in [5.74, 6) is 0.860. The molecule has 100 valence electrons. The first-order valence-corrected chi connectivity index (χ1v) is 6.58. The van der Waals surface area contributed by atoms with Gasteiger partial charge in [0.25, 0.3) is 0 Å². The zero-order valence-electron chi connectivity index (χ0n) is 11.5. The third-order valence-electron chi connectivity index (χ3n) is 3.08. The average molecular weight is 256 g/mol. The average Bonchev–Trinajstić information content (AvgIpc) is 2.45. The van der Waals surface area contributed by atoms with Crippen LogP contribution in [0.5, 0.6) is 5.75 Å². The van der Waals surface area contributed by atoms with E-state index in [1.54, 1.807) is 0 Å². The van der Waals surface area contributed by atoms with Gasteiger partial charge in [-0.1, -0.05) is 25.1 Å². The molecule has 3 heteroatoms. The molecule has 0 spiro atoms. The van der Waals surface area contributed by atoms with Crippen LogP contribution in [-0.4, -0.2) is 4.98 Å². The number of nitrogens with two attached hydrogens (primary N) is 1. The minimum Gasteiger partial charge on any atom is -0.489 e. The smallest absolute Gasteiger partial charge is 0.124 e. The molecular formula is C16H20N2O. The van der Waals surface area contributed by atoms with Gasteiger partial charge < -0.3 is 10.5 Å². The first kappa shape index (κ1) is 13.6. The van der Waals surface area contributed by atoms with Gasteiger partial charge in [0.05, 0.1) is 0 Å². The van der Waals surface area contributed by atoms with Crippen LogP contribution in [0, 0.1) is 6.92 Å². The number of nitrogens with zero attached hydrogens (tertiary/aromatic N) is 1. The lowest BCUT2D eigenvalue weighted by atomic mass is 10.0. The van der Waals surface area contributed by atoms with Crippen LogP contribution < -0.4 is 10.5 Å². The lowest BCUT2D eigenvalue weighted by molar-refractivity contribution is 0.300. The zero-order valence-corrected chi connectivity index (χ0v) is 11.5. The highest BCUT2D eigenvalue weighted by Gasteiger charge is 2.09. The van der Waals surface area contributed by atoms with Crippen LogP contribution in [0.4, 0.5) is 0 Å². The maximum atomic E-state index is 6.10. The fourth-order valence-corrected chi connectivity index (χ4v) is 2.00. The largest absolute Gasteiger partial charge is 0.489 e. The first-order chi connectivity index (χ1) is 9.20. The molecular weight excluding hydrogens is 236 g/mol.